The maximum absolute atomic E-state index is 13.2. The third-order valence-electron chi connectivity index (χ3n) is 6.42. The lowest BCUT2D eigenvalue weighted by molar-refractivity contribution is 0.0680. The van der Waals surface area contributed by atoms with E-state index in [0.29, 0.717) is 68.8 Å². The second-order valence-corrected chi connectivity index (χ2v) is 9.11. The van der Waals surface area contributed by atoms with Crippen LogP contribution < -0.4 is 9.64 Å². The van der Waals surface area contributed by atoms with E-state index >= 15 is 0 Å². The fourth-order valence-corrected chi connectivity index (χ4v) is 4.87. The van der Waals surface area contributed by atoms with E-state index in [9.17, 15) is 9.59 Å². The molecule has 9 heteroatoms. The standard InChI is InChI=1S/C26H28ClN5O3/c1-2-35-24-9-4-3-8-22(24)29-10-12-30(13-11-29)25(33)21-17-23-26(34)31(14-15-32(23)28-21)18-19-6-5-7-20(27)16-19/h3-9,16-17H,2,10-15,18H2,1H3. The predicted molar refractivity (Wildman–Crippen MR) is 134 cm³/mol. The summed E-state index contributed by atoms with van der Waals surface area (Å²) in [6.07, 6.45) is 0. The molecule has 35 heavy (non-hydrogen) atoms. The minimum Gasteiger partial charge on any atom is -0.492 e. The van der Waals surface area contributed by atoms with Crippen LogP contribution in [0.3, 0.4) is 0 Å². The van der Waals surface area contributed by atoms with Gasteiger partial charge in [-0.05, 0) is 36.8 Å². The van der Waals surface area contributed by atoms with Crippen LogP contribution in [0.15, 0.2) is 54.6 Å². The lowest BCUT2D eigenvalue weighted by atomic mass is 10.2. The van der Waals surface area contributed by atoms with Gasteiger partial charge >= 0.3 is 0 Å². The van der Waals surface area contributed by atoms with Crippen molar-refractivity contribution in [2.24, 2.45) is 0 Å². The first kappa shape index (κ1) is 23.2. The van der Waals surface area contributed by atoms with Gasteiger partial charge in [-0.3, -0.25) is 14.3 Å². The Morgan fingerprint density at radius 1 is 1.00 bits per heavy atom. The Hall–Kier alpha value is -3.52. The van der Waals surface area contributed by atoms with E-state index in [2.05, 4.69) is 10.00 Å². The van der Waals surface area contributed by atoms with Crippen LogP contribution in [0.1, 0.15) is 33.5 Å². The number of anilines is 1. The van der Waals surface area contributed by atoms with Crippen LogP contribution in [0.25, 0.3) is 0 Å². The Morgan fingerprint density at radius 3 is 2.57 bits per heavy atom. The molecule has 1 fully saturated rings. The summed E-state index contributed by atoms with van der Waals surface area (Å²) in [6.45, 7) is 6.70. The Bertz CT molecular complexity index is 1240. The summed E-state index contributed by atoms with van der Waals surface area (Å²) in [5.41, 5.74) is 2.79. The lowest BCUT2D eigenvalue weighted by Crippen LogP contribution is -2.49. The van der Waals surface area contributed by atoms with Crippen LogP contribution >= 0.6 is 11.6 Å². The number of benzene rings is 2. The summed E-state index contributed by atoms with van der Waals surface area (Å²) in [6, 6.07) is 17.1. The highest BCUT2D eigenvalue weighted by molar-refractivity contribution is 6.30. The van der Waals surface area contributed by atoms with Crippen molar-refractivity contribution in [1.82, 2.24) is 19.6 Å². The highest BCUT2D eigenvalue weighted by Gasteiger charge is 2.30. The van der Waals surface area contributed by atoms with Crippen molar-refractivity contribution in [1.29, 1.82) is 0 Å². The molecule has 3 heterocycles. The molecule has 2 aromatic carbocycles. The van der Waals surface area contributed by atoms with E-state index < -0.39 is 0 Å². The first-order chi connectivity index (χ1) is 17.0. The van der Waals surface area contributed by atoms with Crippen LogP contribution in [-0.4, -0.2) is 70.7 Å². The Kier molecular flexibility index (Phi) is 6.63. The Balaban J connectivity index is 1.24. The minimum atomic E-state index is -0.140. The number of fused-ring (bicyclic) bond motifs is 1. The molecule has 182 valence electrons. The van der Waals surface area contributed by atoms with E-state index in [1.807, 2.05) is 60.4 Å². The molecule has 5 rings (SSSR count). The third-order valence-corrected chi connectivity index (χ3v) is 6.66. The molecule has 0 unspecified atom stereocenters. The van der Waals surface area contributed by atoms with Crippen LogP contribution in [0, 0.1) is 0 Å². The van der Waals surface area contributed by atoms with Crippen LogP contribution in [0.2, 0.25) is 5.02 Å². The molecule has 0 radical (unpaired) electrons. The molecule has 0 N–H and O–H groups in total. The number of amides is 2. The molecule has 0 spiro atoms. The molecule has 1 aromatic heterocycles. The van der Waals surface area contributed by atoms with Gasteiger partial charge in [-0.2, -0.15) is 5.10 Å². The van der Waals surface area contributed by atoms with E-state index in [1.165, 1.54) is 0 Å². The van der Waals surface area contributed by atoms with Gasteiger partial charge < -0.3 is 19.4 Å². The zero-order valence-electron chi connectivity index (χ0n) is 19.7. The largest absolute Gasteiger partial charge is 0.492 e. The number of halogens is 1. The average Bonchev–Trinajstić information content (AvgIpc) is 3.31. The zero-order chi connectivity index (χ0) is 24.4. The van der Waals surface area contributed by atoms with Crippen molar-refractivity contribution in [2.45, 2.75) is 20.0 Å². The molecule has 0 atom stereocenters. The SMILES string of the molecule is CCOc1ccccc1N1CCN(C(=O)c2cc3n(n2)CCN(Cc2cccc(Cl)c2)C3=O)CC1. The quantitative estimate of drug-likeness (QED) is 0.525. The number of nitrogens with zero attached hydrogens (tertiary/aromatic N) is 5. The smallest absolute Gasteiger partial charge is 0.274 e. The fraction of sp³-hybridized carbons (Fsp3) is 0.346. The van der Waals surface area contributed by atoms with Crippen molar-refractivity contribution < 1.29 is 14.3 Å². The molecule has 2 aliphatic heterocycles. The number of ether oxygens (including phenoxy) is 1. The van der Waals surface area contributed by atoms with Gasteiger partial charge in [-0.15, -0.1) is 0 Å². The minimum absolute atomic E-state index is 0.125. The summed E-state index contributed by atoms with van der Waals surface area (Å²) < 4.78 is 7.42. The molecular weight excluding hydrogens is 466 g/mol. The molecule has 8 nitrogen and oxygen atoms in total. The summed E-state index contributed by atoms with van der Waals surface area (Å²) in [5.74, 6) is 0.594. The van der Waals surface area contributed by atoms with Crippen molar-refractivity contribution in [3.63, 3.8) is 0 Å². The van der Waals surface area contributed by atoms with Crippen molar-refractivity contribution in [3.05, 3.63) is 76.6 Å². The van der Waals surface area contributed by atoms with Gasteiger partial charge in [0, 0.05) is 50.4 Å². The van der Waals surface area contributed by atoms with Crippen LogP contribution in [0.5, 0.6) is 5.75 Å². The zero-order valence-corrected chi connectivity index (χ0v) is 20.4. The molecule has 2 aliphatic rings. The van der Waals surface area contributed by atoms with E-state index in [-0.39, 0.29) is 11.8 Å². The third kappa shape index (κ3) is 4.84. The predicted octanol–water partition coefficient (Wildman–Crippen LogP) is 3.55. The number of para-hydroxylation sites is 2. The van der Waals surface area contributed by atoms with Gasteiger partial charge in [-0.25, -0.2) is 0 Å². The van der Waals surface area contributed by atoms with Crippen LogP contribution in [0.4, 0.5) is 5.69 Å². The van der Waals surface area contributed by atoms with Crippen LogP contribution in [-0.2, 0) is 13.1 Å². The topological polar surface area (TPSA) is 70.9 Å². The number of piperazine rings is 1. The van der Waals surface area contributed by atoms with Gasteiger partial charge in [0.2, 0.25) is 0 Å². The number of hydrogen-bond acceptors (Lipinski definition) is 5. The Labute approximate surface area is 209 Å². The molecule has 0 aliphatic carbocycles. The first-order valence-electron chi connectivity index (χ1n) is 11.9. The monoisotopic (exact) mass is 493 g/mol. The summed E-state index contributed by atoms with van der Waals surface area (Å²) in [5, 5.41) is 5.12. The second-order valence-electron chi connectivity index (χ2n) is 8.67. The van der Waals surface area contributed by atoms with Gasteiger partial charge in [0.1, 0.15) is 11.4 Å². The summed E-state index contributed by atoms with van der Waals surface area (Å²) in [7, 11) is 0. The molecule has 0 bridgehead atoms. The van der Waals surface area contributed by atoms with Gasteiger partial charge in [0.05, 0.1) is 18.8 Å². The number of carbonyl (C=O) groups is 2. The average molecular weight is 494 g/mol. The Morgan fingerprint density at radius 2 is 1.80 bits per heavy atom. The maximum atomic E-state index is 13.2. The highest BCUT2D eigenvalue weighted by atomic mass is 35.5. The van der Waals surface area contributed by atoms with Gasteiger partial charge in [0.25, 0.3) is 11.8 Å². The first-order valence-corrected chi connectivity index (χ1v) is 12.3. The number of carbonyl (C=O) groups excluding carboxylic acids is 2. The van der Waals surface area contributed by atoms with E-state index in [4.69, 9.17) is 16.3 Å². The molecule has 1 saturated heterocycles. The number of rotatable bonds is 6. The van der Waals surface area contributed by atoms with Crippen molar-refractivity contribution in [3.8, 4) is 5.75 Å². The van der Waals surface area contributed by atoms with E-state index in [0.717, 1.165) is 17.0 Å². The van der Waals surface area contributed by atoms with Crippen molar-refractivity contribution >= 4 is 29.1 Å². The molecule has 0 saturated carbocycles. The van der Waals surface area contributed by atoms with Crippen molar-refractivity contribution in [2.75, 3.05) is 44.2 Å². The number of hydrogen-bond donors (Lipinski definition) is 0. The maximum Gasteiger partial charge on any atom is 0.274 e. The van der Waals surface area contributed by atoms with Gasteiger partial charge in [-0.1, -0.05) is 35.9 Å². The summed E-state index contributed by atoms with van der Waals surface area (Å²) in [4.78, 5) is 32.1. The summed E-state index contributed by atoms with van der Waals surface area (Å²) >= 11 is 6.09. The number of aromatic nitrogens is 2. The fourth-order valence-electron chi connectivity index (χ4n) is 4.66. The molecule has 2 amide bonds. The second kappa shape index (κ2) is 10.00. The van der Waals surface area contributed by atoms with Gasteiger partial charge in [0.15, 0.2) is 5.69 Å². The normalized spacial score (nSPS) is 15.8. The molecular formula is C26H28ClN5O3. The molecule has 3 aromatic rings. The highest BCUT2D eigenvalue weighted by Crippen LogP contribution is 2.29. The van der Waals surface area contributed by atoms with E-state index in [1.54, 1.807) is 15.6 Å². The lowest BCUT2D eigenvalue weighted by Gasteiger charge is -2.36.